The van der Waals surface area contributed by atoms with E-state index in [4.69, 9.17) is 10.8 Å². The third-order valence-electron chi connectivity index (χ3n) is 4.19. The van der Waals surface area contributed by atoms with Gasteiger partial charge in [-0.05, 0) is 23.8 Å². The maximum absolute atomic E-state index is 14.4. The number of primary amides is 1. The van der Waals surface area contributed by atoms with Gasteiger partial charge in [0.2, 0.25) is 0 Å². The highest BCUT2D eigenvalue weighted by atomic mass is 19.4. The van der Waals surface area contributed by atoms with Crippen LogP contribution in [0.1, 0.15) is 10.5 Å². The van der Waals surface area contributed by atoms with E-state index in [-0.39, 0.29) is 29.1 Å². The molecule has 0 atom stereocenters. The van der Waals surface area contributed by atoms with Crippen LogP contribution in [0.4, 0.5) is 17.6 Å². The van der Waals surface area contributed by atoms with Gasteiger partial charge >= 0.3 is 6.36 Å². The first-order valence-electron chi connectivity index (χ1n) is 8.78. The van der Waals surface area contributed by atoms with Crippen LogP contribution in [0.5, 0.6) is 5.75 Å². The second-order valence-electron chi connectivity index (χ2n) is 6.30. The Morgan fingerprint density at radius 3 is 2.48 bits per heavy atom. The van der Waals surface area contributed by atoms with Crippen molar-refractivity contribution in [1.29, 1.82) is 0 Å². The van der Waals surface area contributed by atoms with E-state index >= 15 is 0 Å². The van der Waals surface area contributed by atoms with Crippen molar-refractivity contribution < 1.29 is 32.2 Å². The lowest BCUT2D eigenvalue weighted by Gasteiger charge is -2.15. The number of nitrogens with zero attached hydrogens (tertiary/aromatic N) is 2. The van der Waals surface area contributed by atoms with Crippen LogP contribution in [0.2, 0.25) is 0 Å². The normalized spacial score (nSPS) is 11.4. The van der Waals surface area contributed by atoms with Gasteiger partial charge in [-0.15, -0.1) is 13.2 Å². The van der Waals surface area contributed by atoms with Gasteiger partial charge in [0.25, 0.3) is 11.5 Å². The third kappa shape index (κ3) is 4.89. The summed E-state index contributed by atoms with van der Waals surface area (Å²) in [4.78, 5) is 28.2. The summed E-state index contributed by atoms with van der Waals surface area (Å²) in [5, 5.41) is 9.14. The first-order chi connectivity index (χ1) is 14.6. The first kappa shape index (κ1) is 22.0. The van der Waals surface area contributed by atoms with Crippen LogP contribution in [0.25, 0.3) is 22.4 Å². The molecule has 0 aliphatic heterocycles. The minimum Gasteiger partial charge on any atom is -0.405 e. The molecular weight excluding hydrogens is 422 g/mol. The Morgan fingerprint density at radius 2 is 1.84 bits per heavy atom. The van der Waals surface area contributed by atoms with E-state index in [2.05, 4.69) is 9.72 Å². The van der Waals surface area contributed by atoms with Crippen LogP contribution in [-0.2, 0) is 6.54 Å². The fourth-order valence-corrected chi connectivity index (χ4v) is 2.94. The Kier molecular flexibility index (Phi) is 6.07. The topological polar surface area (TPSA) is 107 Å². The quantitative estimate of drug-likeness (QED) is 0.577. The molecule has 0 unspecified atom stereocenters. The summed E-state index contributed by atoms with van der Waals surface area (Å²) in [6.07, 6.45) is -3.96. The van der Waals surface area contributed by atoms with Crippen molar-refractivity contribution in [2.75, 3.05) is 6.61 Å². The number of aliphatic hydroxyl groups excluding tert-OH is 1. The number of halogens is 4. The molecule has 3 rings (SSSR count). The minimum atomic E-state index is -5.05. The summed E-state index contributed by atoms with van der Waals surface area (Å²) in [6.45, 7) is -0.555. The minimum absolute atomic E-state index is 0.0192. The Morgan fingerprint density at radius 1 is 1.16 bits per heavy atom. The lowest BCUT2D eigenvalue weighted by Crippen LogP contribution is -2.28. The van der Waals surface area contributed by atoms with E-state index in [1.165, 1.54) is 24.3 Å². The molecule has 0 saturated heterocycles. The molecule has 0 fully saturated rings. The number of rotatable bonds is 6. The zero-order chi connectivity index (χ0) is 22.8. The largest absolute Gasteiger partial charge is 0.573 e. The van der Waals surface area contributed by atoms with E-state index in [0.29, 0.717) is 0 Å². The smallest absolute Gasteiger partial charge is 0.405 e. The van der Waals surface area contributed by atoms with Crippen LogP contribution >= 0.6 is 0 Å². The summed E-state index contributed by atoms with van der Waals surface area (Å²) in [7, 11) is 0. The van der Waals surface area contributed by atoms with Crippen molar-refractivity contribution in [3.05, 3.63) is 70.5 Å². The Hall–Kier alpha value is -3.73. The average Bonchev–Trinajstić information content (AvgIpc) is 2.68. The molecular formula is C20H15F4N3O4. The number of hydrogen-bond donors (Lipinski definition) is 2. The van der Waals surface area contributed by atoms with Gasteiger partial charge in [-0.2, -0.15) is 0 Å². The fourth-order valence-electron chi connectivity index (χ4n) is 2.94. The van der Waals surface area contributed by atoms with Gasteiger partial charge in [0.05, 0.1) is 12.2 Å². The maximum atomic E-state index is 14.4. The monoisotopic (exact) mass is 437 g/mol. The molecule has 2 aromatic carbocycles. The molecule has 0 aliphatic rings. The molecule has 3 N–H and O–H groups in total. The van der Waals surface area contributed by atoms with Crippen LogP contribution < -0.4 is 16.0 Å². The number of aromatic nitrogens is 2. The van der Waals surface area contributed by atoms with E-state index in [1.807, 2.05) is 0 Å². The number of carbonyl (C=O) groups excluding carboxylic acids is 1. The van der Waals surface area contributed by atoms with Gasteiger partial charge in [-0.25, -0.2) is 9.37 Å². The Labute approximate surface area is 172 Å². The van der Waals surface area contributed by atoms with Crippen LogP contribution in [-0.4, -0.2) is 33.5 Å². The van der Waals surface area contributed by atoms with Gasteiger partial charge in [0, 0.05) is 18.3 Å². The van der Waals surface area contributed by atoms with E-state index < -0.39 is 41.6 Å². The van der Waals surface area contributed by atoms with Gasteiger partial charge in [0.1, 0.15) is 23.0 Å². The number of amides is 1. The predicted molar refractivity (Wildman–Crippen MR) is 102 cm³/mol. The molecule has 31 heavy (non-hydrogen) atoms. The summed E-state index contributed by atoms with van der Waals surface area (Å²) in [6, 6.07) is 8.34. The predicted octanol–water partition coefficient (Wildman–Crippen LogP) is 2.71. The summed E-state index contributed by atoms with van der Waals surface area (Å²) in [5.74, 6) is -2.67. The highest BCUT2D eigenvalue weighted by molar-refractivity contribution is 5.91. The number of hydrogen-bond acceptors (Lipinski definition) is 5. The van der Waals surface area contributed by atoms with Crippen molar-refractivity contribution in [3.63, 3.8) is 0 Å². The number of alkyl halides is 3. The summed E-state index contributed by atoms with van der Waals surface area (Å²) >= 11 is 0. The van der Waals surface area contributed by atoms with Gasteiger partial charge in [0.15, 0.2) is 0 Å². The fraction of sp³-hybridized carbons (Fsp3) is 0.150. The number of ether oxygens (including phenoxy) is 1. The maximum Gasteiger partial charge on any atom is 0.573 e. The lowest BCUT2D eigenvalue weighted by molar-refractivity contribution is -0.274. The highest BCUT2D eigenvalue weighted by Crippen LogP contribution is 2.37. The second kappa shape index (κ2) is 8.56. The number of benzene rings is 2. The van der Waals surface area contributed by atoms with Crippen molar-refractivity contribution in [1.82, 2.24) is 9.55 Å². The average molecular weight is 437 g/mol. The number of nitrogens with two attached hydrogens (primary N) is 1. The van der Waals surface area contributed by atoms with E-state index in [0.717, 1.165) is 29.0 Å². The van der Waals surface area contributed by atoms with Crippen LogP contribution in [0.3, 0.4) is 0 Å². The van der Waals surface area contributed by atoms with E-state index in [9.17, 15) is 27.2 Å². The molecule has 0 saturated carbocycles. The van der Waals surface area contributed by atoms with E-state index in [1.54, 1.807) is 0 Å². The van der Waals surface area contributed by atoms with Crippen molar-refractivity contribution in [2.24, 2.45) is 5.73 Å². The molecule has 0 bridgehead atoms. The lowest BCUT2D eigenvalue weighted by atomic mass is 10.0. The Balaban J connectivity index is 2.19. The molecule has 0 radical (unpaired) electrons. The van der Waals surface area contributed by atoms with Crippen molar-refractivity contribution in [3.8, 4) is 28.1 Å². The summed E-state index contributed by atoms with van der Waals surface area (Å²) in [5.41, 5.74) is 3.65. The molecule has 1 heterocycles. The zero-order valence-electron chi connectivity index (χ0n) is 15.7. The zero-order valence-corrected chi connectivity index (χ0v) is 15.7. The van der Waals surface area contributed by atoms with Gasteiger partial charge in [-0.3, -0.25) is 9.59 Å². The standard InChI is InChI=1S/C20H15F4N3O4/c21-13-5-2-6-15(31-20(22,23)24)16(13)11-3-1-4-12(9-11)17-19(30)27(7-8-28)10-14(26-17)18(25)29/h1-6,9-10,28H,7-8H2,(H2,25,29). The van der Waals surface area contributed by atoms with Crippen LogP contribution in [0.15, 0.2) is 53.5 Å². The Bertz CT molecular complexity index is 1190. The van der Waals surface area contributed by atoms with Gasteiger partial charge < -0.3 is 20.1 Å². The molecule has 3 aromatic rings. The number of aliphatic hydroxyl groups is 1. The molecule has 7 nitrogen and oxygen atoms in total. The van der Waals surface area contributed by atoms with Crippen LogP contribution in [0, 0.1) is 5.82 Å². The SMILES string of the molecule is NC(=O)c1cn(CCO)c(=O)c(-c2cccc(-c3c(F)cccc3OC(F)(F)F)c2)n1. The first-order valence-corrected chi connectivity index (χ1v) is 8.78. The molecule has 0 aliphatic carbocycles. The van der Waals surface area contributed by atoms with Crippen molar-refractivity contribution >= 4 is 5.91 Å². The summed E-state index contributed by atoms with van der Waals surface area (Å²) < 4.78 is 57.6. The second-order valence-corrected chi connectivity index (χ2v) is 6.30. The molecule has 162 valence electrons. The highest BCUT2D eigenvalue weighted by Gasteiger charge is 2.33. The van der Waals surface area contributed by atoms with Gasteiger partial charge in [-0.1, -0.05) is 24.3 Å². The third-order valence-corrected chi connectivity index (χ3v) is 4.19. The molecule has 1 amide bonds. The molecule has 1 aromatic heterocycles. The molecule has 0 spiro atoms. The number of carbonyl (C=O) groups is 1. The molecule has 11 heteroatoms. The van der Waals surface area contributed by atoms with Crippen molar-refractivity contribution in [2.45, 2.75) is 12.9 Å².